The van der Waals surface area contributed by atoms with Crippen molar-refractivity contribution < 1.29 is 18.7 Å². The molecule has 0 fully saturated rings. The maximum atomic E-state index is 14.2. The number of carbonyl (C=O) groups is 1. The third-order valence-corrected chi connectivity index (χ3v) is 7.97. The van der Waals surface area contributed by atoms with Gasteiger partial charge in [0.15, 0.2) is 4.80 Å². The van der Waals surface area contributed by atoms with Crippen molar-refractivity contribution >= 4 is 23.4 Å². The van der Waals surface area contributed by atoms with Gasteiger partial charge in [-0.25, -0.2) is 14.2 Å². The van der Waals surface area contributed by atoms with Crippen molar-refractivity contribution in [2.45, 2.75) is 46.3 Å². The van der Waals surface area contributed by atoms with Gasteiger partial charge in [0.05, 0.1) is 28.5 Å². The Kier molecular flexibility index (Phi) is 8.31. The number of hydrogen-bond acceptors (Lipinski definition) is 6. The number of carbonyl (C=O) groups excluding carboxylic acids is 1. The topological polar surface area (TPSA) is 69.9 Å². The quantitative estimate of drug-likeness (QED) is 0.257. The van der Waals surface area contributed by atoms with Gasteiger partial charge >= 0.3 is 5.97 Å². The van der Waals surface area contributed by atoms with E-state index in [1.807, 2.05) is 42.5 Å². The summed E-state index contributed by atoms with van der Waals surface area (Å²) in [6.07, 6.45) is 1.75. The number of ether oxygens (including phenoxy) is 2. The van der Waals surface area contributed by atoms with Crippen LogP contribution in [-0.4, -0.2) is 17.1 Å². The number of allylic oxidation sites excluding steroid dienone is 1. The lowest BCUT2D eigenvalue weighted by atomic mass is 9.93. The molecule has 0 N–H and O–H groups in total. The number of para-hydroxylation sites is 1. The highest BCUT2D eigenvalue weighted by Crippen LogP contribution is 2.31. The fourth-order valence-corrected chi connectivity index (χ4v) is 5.85. The van der Waals surface area contributed by atoms with Crippen molar-refractivity contribution in [3.63, 3.8) is 0 Å². The van der Waals surface area contributed by atoms with Crippen LogP contribution in [0.2, 0.25) is 0 Å². The van der Waals surface area contributed by atoms with Crippen LogP contribution in [0.15, 0.2) is 93.9 Å². The number of halogens is 1. The summed E-state index contributed by atoms with van der Waals surface area (Å²) in [6, 6.07) is 21.0. The lowest BCUT2D eigenvalue weighted by Crippen LogP contribution is -2.39. The number of thiazole rings is 1. The highest BCUT2D eigenvalue weighted by atomic mass is 32.1. The Balaban J connectivity index is 1.60. The number of aromatic nitrogens is 1. The first-order valence-electron chi connectivity index (χ1n) is 13.5. The van der Waals surface area contributed by atoms with Gasteiger partial charge in [0.25, 0.3) is 5.56 Å². The van der Waals surface area contributed by atoms with Crippen LogP contribution in [-0.2, 0) is 16.1 Å². The maximum Gasteiger partial charge on any atom is 0.338 e. The number of hydrogen-bond donors (Lipinski definition) is 0. The first kappa shape index (κ1) is 28.2. The second kappa shape index (κ2) is 12.1. The largest absolute Gasteiger partial charge is 0.488 e. The summed E-state index contributed by atoms with van der Waals surface area (Å²) in [5.74, 6) is 0.0275. The average molecular weight is 571 g/mol. The Morgan fingerprint density at radius 2 is 1.78 bits per heavy atom. The van der Waals surface area contributed by atoms with Crippen LogP contribution in [0, 0.1) is 5.82 Å². The molecule has 4 aromatic rings. The molecule has 0 spiro atoms. The minimum atomic E-state index is -0.679. The molecule has 0 aliphatic carbocycles. The molecule has 0 radical (unpaired) electrons. The molecule has 1 aromatic heterocycles. The van der Waals surface area contributed by atoms with Crippen LogP contribution in [0.3, 0.4) is 0 Å². The lowest BCUT2D eigenvalue weighted by molar-refractivity contribution is -0.139. The molecule has 1 aliphatic rings. The van der Waals surface area contributed by atoms with Gasteiger partial charge in [0, 0.05) is 11.1 Å². The molecule has 5 rings (SSSR count). The van der Waals surface area contributed by atoms with Crippen LogP contribution < -0.4 is 19.6 Å². The van der Waals surface area contributed by atoms with Gasteiger partial charge in [-0.3, -0.25) is 9.36 Å². The molecule has 0 unspecified atom stereocenters. The zero-order valence-corrected chi connectivity index (χ0v) is 24.2. The van der Waals surface area contributed by atoms with E-state index in [0.717, 1.165) is 11.1 Å². The second-order valence-corrected chi connectivity index (χ2v) is 11.1. The lowest BCUT2D eigenvalue weighted by Gasteiger charge is -2.25. The predicted octanol–water partition coefficient (Wildman–Crippen LogP) is 5.64. The van der Waals surface area contributed by atoms with E-state index in [1.165, 1.54) is 17.4 Å². The summed E-state index contributed by atoms with van der Waals surface area (Å²) in [5.41, 5.74) is 3.66. The average Bonchev–Trinajstić information content (AvgIpc) is 3.26. The molecule has 210 valence electrons. The van der Waals surface area contributed by atoms with E-state index in [2.05, 4.69) is 18.8 Å². The zero-order chi connectivity index (χ0) is 29.1. The molecule has 0 bridgehead atoms. The number of fused-ring (bicyclic) bond motifs is 1. The van der Waals surface area contributed by atoms with Gasteiger partial charge in [-0.05, 0) is 49.1 Å². The standard InChI is InChI=1S/C33H31FN2O4S/c1-5-39-32(38)29-21(4)35-33-36(30(29)23-16-14-22(15-17-23)20(2)3)31(37)28(41-33)18-24-10-7-9-13-27(24)40-19-25-11-6-8-12-26(25)34/h6-18,20,30H,5,19H2,1-4H3/t30-/m0/s1. The minimum Gasteiger partial charge on any atom is -0.488 e. The molecule has 3 aromatic carbocycles. The first-order valence-corrected chi connectivity index (χ1v) is 14.3. The number of benzene rings is 3. The first-order chi connectivity index (χ1) is 19.8. The van der Waals surface area contributed by atoms with Gasteiger partial charge < -0.3 is 9.47 Å². The van der Waals surface area contributed by atoms with Gasteiger partial charge in [0.1, 0.15) is 18.2 Å². The molecule has 41 heavy (non-hydrogen) atoms. The van der Waals surface area contributed by atoms with Crippen molar-refractivity contribution in [3.05, 3.63) is 132 Å². The Morgan fingerprint density at radius 3 is 2.49 bits per heavy atom. The third kappa shape index (κ3) is 5.79. The summed E-state index contributed by atoms with van der Waals surface area (Å²) >= 11 is 1.25. The zero-order valence-electron chi connectivity index (χ0n) is 23.4. The van der Waals surface area contributed by atoms with Crippen molar-refractivity contribution in [2.24, 2.45) is 4.99 Å². The van der Waals surface area contributed by atoms with E-state index in [4.69, 9.17) is 9.47 Å². The second-order valence-electron chi connectivity index (χ2n) is 10.0. The number of rotatable bonds is 8. The van der Waals surface area contributed by atoms with Crippen LogP contribution in [0.4, 0.5) is 4.39 Å². The van der Waals surface area contributed by atoms with E-state index in [9.17, 15) is 14.0 Å². The Hall–Kier alpha value is -4.30. The molecular formula is C33H31FN2O4S. The van der Waals surface area contributed by atoms with Gasteiger partial charge in [-0.2, -0.15) is 0 Å². The summed E-state index contributed by atoms with van der Waals surface area (Å²) in [5, 5.41) is 0. The van der Waals surface area contributed by atoms with Crippen LogP contribution >= 0.6 is 11.3 Å². The summed E-state index contributed by atoms with van der Waals surface area (Å²) < 4.78 is 27.5. The molecular weight excluding hydrogens is 539 g/mol. The van der Waals surface area contributed by atoms with Gasteiger partial charge in [0.2, 0.25) is 0 Å². The summed E-state index contributed by atoms with van der Waals surface area (Å²) in [6.45, 7) is 8.01. The van der Waals surface area contributed by atoms with E-state index >= 15 is 0 Å². The Labute approximate surface area is 241 Å². The minimum absolute atomic E-state index is 0.0489. The monoisotopic (exact) mass is 570 g/mol. The normalized spacial score (nSPS) is 15.1. The molecule has 6 nitrogen and oxygen atoms in total. The Bertz CT molecular complexity index is 1800. The summed E-state index contributed by atoms with van der Waals surface area (Å²) in [4.78, 5) is 32.2. The van der Waals surface area contributed by atoms with E-state index in [1.54, 1.807) is 48.8 Å². The number of esters is 1. The van der Waals surface area contributed by atoms with Crippen molar-refractivity contribution in [1.82, 2.24) is 4.57 Å². The Morgan fingerprint density at radius 1 is 1.07 bits per heavy atom. The van der Waals surface area contributed by atoms with Crippen LogP contribution in [0.1, 0.15) is 61.9 Å². The maximum absolute atomic E-state index is 14.2. The smallest absolute Gasteiger partial charge is 0.338 e. The third-order valence-electron chi connectivity index (χ3n) is 6.98. The van der Waals surface area contributed by atoms with Crippen molar-refractivity contribution in [2.75, 3.05) is 6.61 Å². The molecule has 0 amide bonds. The molecule has 1 atom stereocenters. The van der Waals surface area contributed by atoms with Crippen molar-refractivity contribution in [1.29, 1.82) is 0 Å². The fraction of sp³-hybridized carbons (Fsp3) is 0.242. The summed E-state index contributed by atoms with van der Waals surface area (Å²) in [7, 11) is 0. The van der Waals surface area contributed by atoms with Crippen LogP contribution in [0.5, 0.6) is 5.75 Å². The molecule has 0 saturated heterocycles. The highest BCUT2D eigenvalue weighted by molar-refractivity contribution is 7.07. The van der Waals surface area contributed by atoms with E-state index in [-0.39, 0.29) is 24.6 Å². The highest BCUT2D eigenvalue weighted by Gasteiger charge is 2.33. The molecule has 8 heteroatoms. The molecule has 1 aliphatic heterocycles. The molecule has 0 saturated carbocycles. The van der Waals surface area contributed by atoms with Crippen LogP contribution in [0.25, 0.3) is 6.08 Å². The number of nitrogens with zero attached hydrogens (tertiary/aromatic N) is 2. The van der Waals surface area contributed by atoms with Crippen molar-refractivity contribution in [3.8, 4) is 5.75 Å². The van der Waals surface area contributed by atoms with Gasteiger partial charge in [-0.15, -0.1) is 0 Å². The SMILES string of the molecule is CCOC(=O)C1=C(C)N=c2sc(=Cc3ccccc3OCc3ccccc3F)c(=O)n2[C@H]1c1ccc(C(C)C)cc1. The van der Waals surface area contributed by atoms with E-state index < -0.39 is 12.0 Å². The predicted molar refractivity (Wildman–Crippen MR) is 158 cm³/mol. The molecule has 2 heterocycles. The van der Waals surface area contributed by atoms with Gasteiger partial charge in [-0.1, -0.05) is 85.8 Å². The fourth-order valence-electron chi connectivity index (χ4n) is 4.81. The van der Waals surface area contributed by atoms with E-state index in [0.29, 0.717) is 43.4 Å².